The van der Waals surface area contributed by atoms with Crippen molar-refractivity contribution in [3.8, 4) is 0 Å². The first kappa shape index (κ1) is 16.3. The van der Waals surface area contributed by atoms with Crippen LogP contribution in [0.15, 0.2) is 66.2 Å². The van der Waals surface area contributed by atoms with E-state index in [1.54, 1.807) is 0 Å². The normalized spacial score (nSPS) is 17.7. The van der Waals surface area contributed by atoms with Crippen LogP contribution >= 0.6 is 0 Å². The molecule has 0 saturated heterocycles. The van der Waals surface area contributed by atoms with Crippen LogP contribution in [0, 0.1) is 0 Å². The molecule has 136 valence electrons. The van der Waals surface area contributed by atoms with E-state index >= 15 is 0 Å². The van der Waals surface area contributed by atoms with E-state index in [1.165, 1.54) is 0 Å². The summed E-state index contributed by atoms with van der Waals surface area (Å²) in [6, 6.07) is 15.3. The van der Waals surface area contributed by atoms with Crippen LogP contribution in [-0.2, 0) is 0 Å². The monoisotopic (exact) mass is 368 g/mol. The number of furan rings is 4. The van der Waals surface area contributed by atoms with Gasteiger partial charge in [0.25, 0.3) is 0 Å². The SMILES string of the molecule is C1=C\c2ccc(o2)/C=C/c2ccc(o2)/C=C\c2ccc(o2)/C=C/c2ccc/1o2. The third kappa shape index (κ3) is 3.62. The Morgan fingerprint density at radius 1 is 0.250 bits per heavy atom. The number of hydrogen-bond acceptors (Lipinski definition) is 4. The van der Waals surface area contributed by atoms with E-state index < -0.39 is 0 Å². The molecule has 0 N–H and O–H groups in total. The molecule has 1 aliphatic heterocycles. The van der Waals surface area contributed by atoms with E-state index in [1.807, 2.05) is 97.1 Å². The Hall–Kier alpha value is -3.92. The summed E-state index contributed by atoms with van der Waals surface area (Å²) in [6.45, 7) is 0. The second-order valence-electron chi connectivity index (χ2n) is 6.29. The molecular formula is C24H16O4. The summed E-state index contributed by atoms with van der Waals surface area (Å²) >= 11 is 0. The molecule has 4 nitrogen and oxygen atoms in total. The zero-order chi connectivity index (χ0) is 18.8. The van der Waals surface area contributed by atoms with E-state index in [2.05, 4.69) is 0 Å². The highest BCUT2D eigenvalue weighted by molar-refractivity contribution is 5.72. The van der Waals surface area contributed by atoms with Crippen molar-refractivity contribution in [1.82, 2.24) is 0 Å². The molecule has 0 aliphatic carbocycles. The zero-order valence-corrected chi connectivity index (χ0v) is 14.9. The van der Waals surface area contributed by atoms with Gasteiger partial charge in [-0.3, -0.25) is 0 Å². The van der Waals surface area contributed by atoms with Crippen molar-refractivity contribution in [3.05, 3.63) is 94.6 Å². The van der Waals surface area contributed by atoms with Crippen molar-refractivity contribution in [2.45, 2.75) is 0 Å². The molecule has 0 unspecified atom stereocenters. The molecule has 0 atom stereocenters. The average Bonchev–Trinajstić information content (AvgIpc) is 3.49. The van der Waals surface area contributed by atoms with Crippen LogP contribution in [0.3, 0.4) is 0 Å². The lowest BCUT2D eigenvalue weighted by atomic mass is 10.3. The Kier molecular flexibility index (Phi) is 4.07. The zero-order valence-electron chi connectivity index (χ0n) is 14.9. The Morgan fingerprint density at radius 3 is 0.536 bits per heavy atom. The Labute approximate surface area is 161 Å². The summed E-state index contributed by atoms with van der Waals surface area (Å²) in [5.41, 5.74) is 0. The summed E-state index contributed by atoms with van der Waals surface area (Å²) in [7, 11) is 0. The van der Waals surface area contributed by atoms with Crippen LogP contribution in [0.2, 0.25) is 0 Å². The summed E-state index contributed by atoms with van der Waals surface area (Å²) < 4.78 is 23.1. The van der Waals surface area contributed by atoms with Gasteiger partial charge in [0.2, 0.25) is 0 Å². The van der Waals surface area contributed by atoms with Crippen LogP contribution < -0.4 is 0 Å². The lowest BCUT2D eigenvalue weighted by Gasteiger charge is -1.90. The van der Waals surface area contributed by atoms with Gasteiger partial charge in [-0.2, -0.15) is 0 Å². The molecule has 4 aromatic rings. The minimum Gasteiger partial charge on any atom is -0.457 e. The van der Waals surface area contributed by atoms with Gasteiger partial charge in [0.05, 0.1) is 0 Å². The third-order valence-corrected chi connectivity index (χ3v) is 4.24. The van der Waals surface area contributed by atoms with E-state index in [9.17, 15) is 0 Å². The highest BCUT2D eigenvalue weighted by atomic mass is 16.4. The second-order valence-corrected chi connectivity index (χ2v) is 6.29. The van der Waals surface area contributed by atoms with E-state index in [0.29, 0.717) is 0 Å². The minimum atomic E-state index is 0.744. The highest BCUT2D eigenvalue weighted by Crippen LogP contribution is 2.20. The first-order valence-electron chi connectivity index (χ1n) is 8.92. The van der Waals surface area contributed by atoms with E-state index in [-0.39, 0.29) is 0 Å². The quantitative estimate of drug-likeness (QED) is 0.294. The van der Waals surface area contributed by atoms with Crippen molar-refractivity contribution < 1.29 is 17.7 Å². The number of rotatable bonds is 0. The van der Waals surface area contributed by atoms with Crippen LogP contribution in [0.5, 0.6) is 0 Å². The molecule has 5 rings (SSSR count). The summed E-state index contributed by atoms with van der Waals surface area (Å²) in [5.74, 6) is 5.95. The van der Waals surface area contributed by atoms with Gasteiger partial charge in [0, 0.05) is 0 Å². The van der Waals surface area contributed by atoms with Gasteiger partial charge in [-0.1, -0.05) is 0 Å². The Balaban J connectivity index is 1.52. The molecule has 8 bridgehead atoms. The van der Waals surface area contributed by atoms with E-state index in [4.69, 9.17) is 17.7 Å². The van der Waals surface area contributed by atoms with Crippen molar-refractivity contribution in [2.24, 2.45) is 0 Å². The fourth-order valence-electron chi connectivity index (χ4n) is 2.85. The lowest BCUT2D eigenvalue weighted by Crippen LogP contribution is -1.67. The first-order valence-corrected chi connectivity index (χ1v) is 8.92. The van der Waals surface area contributed by atoms with Crippen molar-refractivity contribution >= 4 is 48.6 Å². The molecule has 0 fully saturated rings. The molecule has 4 aromatic heterocycles. The van der Waals surface area contributed by atoms with Crippen molar-refractivity contribution in [3.63, 3.8) is 0 Å². The van der Waals surface area contributed by atoms with Crippen molar-refractivity contribution in [1.29, 1.82) is 0 Å². The maximum absolute atomic E-state index is 5.78. The molecule has 0 amide bonds. The molecule has 0 aromatic carbocycles. The van der Waals surface area contributed by atoms with Gasteiger partial charge in [0.1, 0.15) is 46.1 Å². The fourth-order valence-corrected chi connectivity index (χ4v) is 2.85. The van der Waals surface area contributed by atoms with Gasteiger partial charge in [-0.25, -0.2) is 0 Å². The average molecular weight is 368 g/mol. The predicted octanol–water partition coefficient (Wildman–Crippen LogP) is 7.05. The second kappa shape index (κ2) is 7.00. The van der Waals surface area contributed by atoms with Crippen molar-refractivity contribution in [2.75, 3.05) is 0 Å². The first-order chi connectivity index (χ1) is 13.8. The van der Waals surface area contributed by atoms with E-state index in [0.717, 1.165) is 46.1 Å². The van der Waals surface area contributed by atoms with Crippen LogP contribution in [0.4, 0.5) is 0 Å². The van der Waals surface area contributed by atoms with Crippen LogP contribution in [-0.4, -0.2) is 0 Å². The van der Waals surface area contributed by atoms with Gasteiger partial charge < -0.3 is 17.7 Å². The minimum absolute atomic E-state index is 0.744. The van der Waals surface area contributed by atoms with Crippen LogP contribution in [0.25, 0.3) is 48.6 Å². The summed E-state index contributed by atoms with van der Waals surface area (Å²) in [4.78, 5) is 0. The highest BCUT2D eigenvalue weighted by Gasteiger charge is 2.02. The molecule has 28 heavy (non-hydrogen) atoms. The number of hydrogen-bond donors (Lipinski definition) is 0. The topological polar surface area (TPSA) is 52.6 Å². The molecule has 0 spiro atoms. The number of fused-ring (bicyclic) bond motifs is 8. The molecule has 0 radical (unpaired) electrons. The summed E-state index contributed by atoms with van der Waals surface area (Å²) in [5, 5.41) is 0. The lowest BCUT2D eigenvalue weighted by molar-refractivity contribution is 0.538. The smallest absolute Gasteiger partial charge is 0.127 e. The third-order valence-electron chi connectivity index (χ3n) is 4.24. The predicted molar refractivity (Wildman–Crippen MR) is 111 cm³/mol. The fraction of sp³-hybridized carbons (Fsp3) is 0. The maximum Gasteiger partial charge on any atom is 0.127 e. The molecule has 1 aliphatic rings. The molecular weight excluding hydrogens is 352 g/mol. The molecule has 5 heterocycles. The largest absolute Gasteiger partial charge is 0.457 e. The standard InChI is InChI=1S/C24H16O4/c1-2-18-11-12-20-5-6-22(27-20)15-16-24-8-7-23(28-24)14-13-21-4-3-19(26-21)10-9-17(1)25-18/h1-16H/b10-9-,12-11+,14-13+,16-15-,17-9?,18-11?,19-10?,20-12?,21-13?,22-15?,23-14?,24-16?. The Morgan fingerprint density at radius 2 is 0.393 bits per heavy atom. The van der Waals surface area contributed by atoms with Gasteiger partial charge in [-0.05, 0) is 97.1 Å². The summed E-state index contributed by atoms with van der Waals surface area (Å²) in [6.07, 6.45) is 15.0. The van der Waals surface area contributed by atoms with Gasteiger partial charge in [-0.15, -0.1) is 0 Å². The molecule has 0 saturated carbocycles. The maximum atomic E-state index is 5.78. The van der Waals surface area contributed by atoms with Crippen LogP contribution in [0.1, 0.15) is 46.1 Å². The van der Waals surface area contributed by atoms with Gasteiger partial charge >= 0.3 is 0 Å². The Bertz CT molecular complexity index is 942. The molecule has 4 heteroatoms. The van der Waals surface area contributed by atoms with Gasteiger partial charge in [0.15, 0.2) is 0 Å².